The highest BCUT2D eigenvalue weighted by Crippen LogP contribution is 2.23. The maximum atomic E-state index is 13.0. The van der Waals surface area contributed by atoms with Gasteiger partial charge in [-0.2, -0.15) is 0 Å². The number of ether oxygens (including phenoxy) is 2. The Hall–Kier alpha value is -6.52. The van der Waals surface area contributed by atoms with E-state index in [4.69, 9.17) is 25.2 Å². The topological polar surface area (TPSA) is 233 Å². The number of aromatic nitrogens is 2. The Morgan fingerprint density at radius 2 is 1.22 bits per heavy atom. The van der Waals surface area contributed by atoms with Gasteiger partial charge in [0.1, 0.15) is 18.1 Å². The maximum absolute atomic E-state index is 13.0. The van der Waals surface area contributed by atoms with Crippen LogP contribution >= 0.6 is 0 Å². The zero-order valence-electron chi connectivity index (χ0n) is 33.5. The molecule has 3 atom stereocenters. The van der Waals surface area contributed by atoms with Crippen LogP contribution in [0.5, 0.6) is 0 Å². The number of carbonyl (C=O) groups excluding carboxylic acids is 6. The molecule has 0 fully saturated rings. The molecule has 1 aliphatic carbocycles. The number of carbonyl (C=O) groups is 6. The van der Waals surface area contributed by atoms with E-state index in [1.807, 2.05) is 60.7 Å². The number of nitrogens with two attached hydrogens (primary N) is 1. The summed E-state index contributed by atoms with van der Waals surface area (Å²) in [4.78, 5) is 83.3. The van der Waals surface area contributed by atoms with Gasteiger partial charge in [-0.05, 0) is 43.2 Å². The minimum absolute atomic E-state index is 0.0260. The third kappa shape index (κ3) is 15.4. The zero-order chi connectivity index (χ0) is 42.6. The van der Waals surface area contributed by atoms with Gasteiger partial charge in [0.2, 0.25) is 29.5 Å². The smallest absolute Gasteiger partial charge is 0.251 e. The molecule has 0 spiro atoms. The molecule has 0 saturated heterocycles. The number of nitrogens with one attached hydrogen (secondary N) is 5. The molecule has 2 aromatic carbocycles. The Morgan fingerprint density at radius 3 is 1.83 bits per heavy atom. The molecule has 16 nitrogen and oxygen atoms in total. The summed E-state index contributed by atoms with van der Waals surface area (Å²) in [7, 11) is 1.34. The van der Waals surface area contributed by atoms with Crippen LogP contribution in [0.2, 0.25) is 0 Å². The van der Waals surface area contributed by atoms with Crippen LogP contribution in [0.1, 0.15) is 59.6 Å². The zero-order valence-corrected chi connectivity index (χ0v) is 33.5. The first kappa shape index (κ1) is 45.2. The Kier molecular flexibility index (Phi) is 18.1. The van der Waals surface area contributed by atoms with Crippen LogP contribution in [0.4, 0.5) is 0 Å². The van der Waals surface area contributed by atoms with Crippen LogP contribution in [0.15, 0.2) is 91.0 Å². The quantitative estimate of drug-likeness (QED) is 0.0796. The number of hydrogen-bond acceptors (Lipinski definition) is 10. The molecule has 1 aliphatic rings. The maximum Gasteiger partial charge on any atom is 0.251 e. The number of rotatable bonds is 18. The van der Waals surface area contributed by atoms with E-state index in [1.165, 1.54) is 20.9 Å². The largest absolute Gasteiger partial charge is 0.379 e. The van der Waals surface area contributed by atoms with E-state index in [-0.39, 0.29) is 45.3 Å². The van der Waals surface area contributed by atoms with Crippen molar-refractivity contribution in [2.24, 2.45) is 5.73 Å². The number of benzene rings is 1. The molecule has 312 valence electrons. The first-order valence-corrected chi connectivity index (χ1v) is 19.3. The van der Waals surface area contributed by atoms with Crippen molar-refractivity contribution in [3.8, 4) is 0 Å². The summed E-state index contributed by atoms with van der Waals surface area (Å²) in [5, 5.41) is 12.5. The van der Waals surface area contributed by atoms with E-state index < -0.39 is 54.1 Å². The van der Waals surface area contributed by atoms with Crippen molar-refractivity contribution in [1.82, 2.24) is 36.6 Å². The van der Waals surface area contributed by atoms with Crippen LogP contribution in [-0.2, 0) is 46.3 Å². The molecule has 0 saturated carbocycles. The van der Waals surface area contributed by atoms with Gasteiger partial charge in [-0.1, -0.05) is 72.8 Å². The summed E-state index contributed by atoms with van der Waals surface area (Å²) < 4.78 is 11.0. The van der Waals surface area contributed by atoms with Crippen molar-refractivity contribution >= 4 is 46.5 Å². The van der Waals surface area contributed by atoms with Gasteiger partial charge in [-0.3, -0.25) is 28.8 Å². The van der Waals surface area contributed by atoms with E-state index in [1.54, 1.807) is 12.1 Å². The molecule has 0 unspecified atom stereocenters. The van der Waals surface area contributed by atoms with Gasteiger partial charge in [-0.25, -0.2) is 9.97 Å². The van der Waals surface area contributed by atoms with E-state index in [2.05, 4.69) is 44.8 Å². The van der Waals surface area contributed by atoms with Crippen LogP contribution in [0.3, 0.4) is 0 Å². The minimum Gasteiger partial charge on any atom is -0.379 e. The molecule has 3 aromatic rings. The monoisotopic (exact) mass is 808 g/mol. The average Bonchev–Trinajstić information content (AvgIpc) is 3.37. The van der Waals surface area contributed by atoms with Gasteiger partial charge in [-0.15, -0.1) is 0 Å². The van der Waals surface area contributed by atoms with E-state index >= 15 is 0 Å². The second kappa shape index (κ2) is 23.6. The van der Waals surface area contributed by atoms with Gasteiger partial charge in [0.05, 0.1) is 55.3 Å². The molecule has 59 heavy (non-hydrogen) atoms. The van der Waals surface area contributed by atoms with Crippen molar-refractivity contribution in [3.05, 3.63) is 119 Å². The SMILES string of the molecule is CNC(=O)[C@H](CC(N)=O)NC(=O)[C@H](C)NC(=O)[C@H](C)NC(=O)CCOCCOCCNC(=O)c1ccc2nc3c(nc2c1)Cc1cccccccccccc(c1)C3. The Balaban J connectivity index is 1.15. The predicted molar refractivity (Wildman–Crippen MR) is 220 cm³/mol. The molecule has 1 aromatic heterocycles. The molecular weight excluding hydrogens is 757 g/mol. The highest BCUT2D eigenvalue weighted by atomic mass is 16.5. The number of nitrogens with zero attached hydrogens (tertiary/aromatic N) is 2. The minimum atomic E-state index is -1.19. The molecule has 16 heteroatoms. The summed E-state index contributed by atoms with van der Waals surface area (Å²) in [6.45, 7) is 3.86. The third-order valence-electron chi connectivity index (χ3n) is 8.89. The van der Waals surface area contributed by atoms with Gasteiger partial charge >= 0.3 is 0 Å². The molecular formula is C43H52N8O8. The Labute approximate surface area is 343 Å². The molecule has 4 rings (SSSR count). The summed E-state index contributed by atoms with van der Waals surface area (Å²) in [5.74, 6) is -3.46. The molecule has 2 bridgehead atoms. The van der Waals surface area contributed by atoms with Gasteiger partial charge < -0.3 is 41.8 Å². The number of likely N-dealkylation sites (N-methyl/N-ethyl adjacent to an activating group) is 1. The third-order valence-corrected chi connectivity index (χ3v) is 8.89. The van der Waals surface area contributed by atoms with E-state index in [0.29, 0.717) is 29.4 Å². The fourth-order valence-corrected chi connectivity index (χ4v) is 5.79. The van der Waals surface area contributed by atoms with Crippen molar-refractivity contribution in [1.29, 1.82) is 0 Å². The van der Waals surface area contributed by atoms with Gasteiger partial charge in [0, 0.05) is 38.4 Å². The molecule has 7 N–H and O–H groups in total. The predicted octanol–water partition coefficient (Wildman–Crippen LogP) is 1.64. The fraction of sp³-hybridized carbons (Fsp3) is 0.349. The summed E-state index contributed by atoms with van der Waals surface area (Å²) in [6, 6.07) is 26.3. The standard InChI is InChI=1S/C43H52N8O8/c1-28(40(54)48-29(2)41(55)51-37(27-38(44)52)43(57)45-3)47-39(53)17-19-58-21-22-59-20-18-46-42(56)32-15-16-33-36(26-32)50-35-25-31-14-12-10-8-6-4-5-7-9-11-13-30(23-31)24-34(35)49-33/h4-16,23,26,28-29,37H,17-22,24-25,27H2,1-3H3,(H2,44,52)(H,45,57)(H,46,56)(H,47,53)(H,48,54)(H,51,55)/t28-,29-,37-/m0/s1. The molecule has 0 aliphatic heterocycles. The first-order chi connectivity index (χ1) is 28.4. The van der Waals surface area contributed by atoms with Crippen molar-refractivity contribution in [2.75, 3.05) is 40.0 Å². The van der Waals surface area contributed by atoms with Crippen molar-refractivity contribution < 1.29 is 38.2 Å². The first-order valence-electron chi connectivity index (χ1n) is 19.3. The summed E-state index contributed by atoms with van der Waals surface area (Å²) in [6.07, 6.45) is 0.807. The fourth-order valence-electron chi connectivity index (χ4n) is 5.79. The molecule has 6 amide bonds. The van der Waals surface area contributed by atoms with Gasteiger partial charge in [0.15, 0.2) is 0 Å². The van der Waals surface area contributed by atoms with Crippen LogP contribution in [-0.4, -0.2) is 104 Å². The normalized spacial score (nSPS) is 12.7. The lowest BCUT2D eigenvalue weighted by Crippen LogP contribution is -2.55. The van der Waals surface area contributed by atoms with Crippen molar-refractivity contribution in [2.45, 2.75) is 57.7 Å². The van der Waals surface area contributed by atoms with Gasteiger partial charge in [0.25, 0.3) is 5.91 Å². The Morgan fingerprint density at radius 1 is 0.661 bits per heavy atom. The molecule has 0 radical (unpaired) electrons. The van der Waals surface area contributed by atoms with E-state index in [0.717, 1.165) is 22.5 Å². The summed E-state index contributed by atoms with van der Waals surface area (Å²) in [5.41, 5.74) is 11.0. The number of fused-ring (bicyclic) bond motifs is 4. The lowest BCUT2D eigenvalue weighted by molar-refractivity contribution is -0.134. The average molecular weight is 809 g/mol. The summed E-state index contributed by atoms with van der Waals surface area (Å²) >= 11 is 0. The highest BCUT2D eigenvalue weighted by Gasteiger charge is 2.26. The number of amides is 6. The van der Waals surface area contributed by atoms with Crippen LogP contribution in [0, 0.1) is 0 Å². The van der Waals surface area contributed by atoms with Crippen molar-refractivity contribution in [3.63, 3.8) is 0 Å². The van der Waals surface area contributed by atoms with Crippen LogP contribution < -0.4 is 32.3 Å². The number of hydrogen-bond donors (Lipinski definition) is 6. The Bertz CT molecular complexity index is 2110. The van der Waals surface area contributed by atoms with Crippen LogP contribution in [0.25, 0.3) is 11.0 Å². The molecule has 1 heterocycles. The lowest BCUT2D eigenvalue weighted by atomic mass is 10.1. The second-order valence-electron chi connectivity index (χ2n) is 13.6. The number of primary amides is 1. The highest BCUT2D eigenvalue weighted by molar-refractivity contribution is 5.97. The second-order valence-corrected chi connectivity index (χ2v) is 13.6. The lowest BCUT2D eigenvalue weighted by Gasteiger charge is -2.21. The van der Waals surface area contributed by atoms with E-state index in [9.17, 15) is 28.8 Å².